The van der Waals surface area contributed by atoms with Crippen molar-refractivity contribution >= 4 is 23.2 Å². The smallest absolute Gasteiger partial charge is 0.231 e. The summed E-state index contributed by atoms with van der Waals surface area (Å²) in [5, 5.41) is 2.74. The van der Waals surface area contributed by atoms with Crippen molar-refractivity contribution in [1.82, 2.24) is 0 Å². The number of anilines is 2. The first kappa shape index (κ1) is 17.4. The Morgan fingerprint density at radius 1 is 1.39 bits per heavy atom. The van der Waals surface area contributed by atoms with Gasteiger partial charge in [0.25, 0.3) is 0 Å². The van der Waals surface area contributed by atoms with Crippen molar-refractivity contribution in [2.24, 2.45) is 11.1 Å². The van der Waals surface area contributed by atoms with Gasteiger partial charge in [0.15, 0.2) is 0 Å². The summed E-state index contributed by atoms with van der Waals surface area (Å²) in [7, 11) is 0. The van der Waals surface area contributed by atoms with E-state index >= 15 is 0 Å². The molecule has 1 saturated heterocycles. The van der Waals surface area contributed by atoms with Crippen molar-refractivity contribution in [2.75, 3.05) is 23.3 Å². The lowest BCUT2D eigenvalue weighted by Gasteiger charge is -2.28. The van der Waals surface area contributed by atoms with Gasteiger partial charge in [-0.1, -0.05) is 13.8 Å². The maximum atomic E-state index is 14.3. The van der Waals surface area contributed by atoms with Gasteiger partial charge in [0.05, 0.1) is 11.1 Å². The first-order valence-electron chi connectivity index (χ1n) is 8.09. The molecule has 0 aromatic heterocycles. The summed E-state index contributed by atoms with van der Waals surface area (Å²) in [5.74, 6) is -0.779. The fourth-order valence-electron chi connectivity index (χ4n) is 2.92. The predicted octanol–water partition coefficient (Wildman–Crippen LogP) is 2.66. The number of nitrogens with two attached hydrogens (primary N) is 1. The van der Waals surface area contributed by atoms with Gasteiger partial charge in [-0.05, 0) is 37.5 Å². The Morgan fingerprint density at radius 3 is 2.57 bits per heavy atom. The lowest BCUT2D eigenvalue weighted by atomic mass is 9.81. The fraction of sp³-hybridized carbons (Fsp3) is 0.529. The van der Waals surface area contributed by atoms with E-state index in [4.69, 9.17) is 5.73 Å². The number of benzene rings is 1. The molecule has 2 rings (SSSR count). The van der Waals surface area contributed by atoms with E-state index < -0.39 is 11.2 Å². The molecule has 1 aliphatic heterocycles. The van der Waals surface area contributed by atoms with E-state index in [-0.39, 0.29) is 24.0 Å². The van der Waals surface area contributed by atoms with Gasteiger partial charge in [0.1, 0.15) is 5.82 Å². The van der Waals surface area contributed by atoms with Crippen LogP contribution in [0.2, 0.25) is 0 Å². The van der Waals surface area contributed by atoms with Gasteiger partial charge in [-0.2, -0.15) is 0 Å². The van der Waals surface area contributed by atoms with Gasteiger partial charge >= 0.3 is 0 Å². The molecule has 3 N–H and O–H groups in total. The van der Waals surface area contributed by atoms with Crippen LogP contribution >= 0.6 is 0 Å². The molecule has 0 atom stereocenters. The topological polar surface area (TPSA) is 75.4 Å². The largest absolute Gasteiger partial charge is 0.329 e. The summed E-state index contributed by atoms with van der Waals surface area (Å²) in [6.07, 6.45) is 2.43. The van der Waals surface area contributed by atoms with Gasteiger partial charge in [0, 0.05) is 25.2 Å². The van der Waals surface area contributed by atoms with E-state index in [0.717, 1.165) is 6.42 Å². The highest BCUT2D eigenvalue weighted by molar-refractivity contribution is 5.97. The van der Waals surface area contributed by atoms with Crippen LogP contribution in [0.5, 0.6) is 0 Å². The summed E-state index contributed by atoms with van der Waals surface area (Å²) >= 11 is 0. The number of rotatable bonds is 6. The van der Waals surface area contributed by atoms with Crippen LogP contribution in [0, 0.1) is 11.2 Å². The highest BCUT2D eigenvalue weighted by Crippen LogP contribution is 2.29. The van der Waals surface area contributed by atoms with Crippen molar-refractivity contribution in [1.29, 1.82) is 0 Å². The standard InChI is InChI=1S/C17H24FN3O2/c1-3-17(4-2,11-19)16(23)20-12-7-8-14(13(18)10-12)21-9-5-6-15(21)22/h7-8,10H,3-6,9,11,19H2,1-2H3,(H,20,23). The Bertz CT molecular complexity index is 591. The molecule has 1 heterocycles. The highest BCUT2D eigenvalue weighted by Gasteiger charge is 2.33. The van der Waals surface area contributed by atoms with E-state index in [1.165, 1.54) is 17.0 Å². The average Bonchev–Trinajstić information content (AvgIpc) is 2.96. The monoisotopic (exact) mass is 321 g/mol. The molecule has 0 aliphatic carbocycles. The molecule has 23 heavy (non-hydrogen) atoms. The first-order chi connectivity index (χ1) is 11.0. The zero-order valence-corrected chi connectivity index (χ0v) is 13.7. The van der Waals surface area contributed by atoms with Crippen LogP contribution in [0.3, 0.4) is 0 Å². The van der Waals surface area contributed by atoms with Gasteiger partial charge in [0.2, 0.25) is 11.8 Å². The number of amides is 2. The number of nitrogens with one attached hydrogen (secondary N) is 1. The third-order valence-corrected chi connectivity index (χ3v) is 4.80. The van der Waals surface area contributed by atoms with Crippen molar-refractivity contribution in [3.8, 4) is 0 Å². The third-order valence-electron chi connectivity index (χ3n) is 4.80. The zero-order valence-electron chi connectivity index (χ0n) is 13.7. The minimum atomic E-state index is -0.639. The van der Waals surface area contributed by atoms with E-state index in [1.54, 1.807) is 6.07 Å². The lowest BCUT2D eigenvalue weighted by Crippen LogP contribution is -2.41. The maximum Gasteiger partial charge on any atom is 0.231 e. The average molecular weight is 321 g/mol. The van der Waals surface area contributed by atoms with Crippen LogP contribution in [0.1, 0.15) is 39.5 Å². The van der Waals surface area contributed by atoms with Crippen molar-refractivity contribution < 1.29 is 14.0 Å². The summed E-state index contributed by atoms with van der Waals surface area (Å²) in [6.45, 7) is 4.61. The Labute approximate surface area is 136 Å². The second kappa shape index (κ2) is 7.08. The second-order valence-electron chi connectivity index (χ2n) is 5.96. The van der Waals surface area contributed by atoms with Crippen LogP contribution in [-0.4, -0.2) is 24.9 Å². The zero-order chi connectivity index (χ0) is 17.0. The first-order valence-corrected chi connectivity index (χ1v) is 8.09. The number of hydrogen-bond acceptors (Lipinski definition) is 3. The van der Waals surface area contributed by atoms with Crippen LogP contribution in [0.15, 0.2) is 18.2 Å². The van der Waals surface area contributed by atoms with E-state index in [0.29, 0.717) is 31.5 Å². The third kappa shape index (κ3) is 3.37. The molecule has 1 aliphatic rings. The molecule has 1 aromatic rings. The second-order valence-corrected chi connectivity index (χ2v) is 5.96. The number of hydrogen-bond donors (Lipinski definition) is 2. The number of nitrogens with zero attached hydrogens (tertiary/aromatic N) is 1. The molecule has 126 valence electrons. The minimum Gasteiger partial charge on any atom is -0.329 e. The van der Waals surface area contributed by atoms with E-state index in [2.05, 4.69) is 5.32 Å². The molecule has 0 unspecified atom stereocenters. The molecule has 0 bridgehead atoms. The molecule has 1 aromatic carbocycles. The molecule has 2 amide bonds. The van der Waals surface area contributed by atoms with Crippen molar-refractivity contribution in [2.45, 2.75) is 39.5 Å². The Hall–Kier alpha value is -1.95. The SMILES string of the molecule is CCC(CC)(CN)C(=O)Nc1ccc(N2CCCC2=O)c(F)c1. The lowest BCUT2D eigenvalue weighted by molar-refractivity contribution is -0.125. The summed E-state index contributed by atoms with van der Waals surface area (Å²) in [4.78, 5) is 25.6. The van der Waals surface area contributed by atoms with Crippen molar-refractivity contribution in [3.05, 3.63) is 24.0 Å². The van der Waals surface area contributed by atoms with Crippen molar-refractivity contribution in [3.63, 3.8) is 0 Å². The summed E-state index contributed by atoms with van der Waals surface area (Å²) in [6, 6.07) is 4.41. The fourth-order valence-corrected chi connectivity index (χ4v) is 2.92. The Balaban J connectivity index is 2.17. The molecular weight excluding hydrogens is 297 g/mol. The highest BCUT2D eigenvalue weighted by atomic mass is 19.1. The molecule has 0 saturated carbocycles. The molecule has 5 nitrogen and oxygen atoms in total. The maximum absolute atomic E-state index is 14.3. The molecule has 0 spiro atoms. The van der Waals surface area contributed by atoms with Crippen LogP contribution in [-0.2, 0) is 9.59 Å². The minimum absolute atomic E-state index is 0.0696. The van der Waals surface area contributed by atoms with Crippen LogP contribution in [0.4, 0.5) is 15.8 Å². The number of halogens is 1. The van der Waals surface area contributed by atoms with Gasteiger partial charge in [-0.3, -0.25) is 9.59 Å². The van der Waals surface area contributed by atoms with Crippen LogP contribution < -0.4 is 16.0 Å². The van der Waals surface area contributed by atoms with E-state index in [9.17, 15) is 14.0 Å². The molecular formula is C17H24FN3O2. The quantitative estimate of drug-likeness (QED) is 0.846. The number of carbonyl (C=O) groups is 2. The Morgan fingerprint density at radius 2 is 2.09 bits per heavy atom. The molecule has 0 radical (unpaired) electrons. The normalized spacial score (nSPS) is 15.1. The van der Waals surface area contributed by atoms with Crippen LogP contribution in [0.25, 0.3) is 0 Å². The molecule has 1 fully saturated rings. The predicted molar refractivity (Wildman–Crippen MR) is 88.7 cm³/mol. The molecule has 6 heteroatoms. The van der Waals surface area contributed by atoms with Gasteiger partial charge < -0.3 is 16.0 Å². The van der Waals surface area contributed by atoms with Gasteiger partial charge in [-0.25, -0.2) is 4.39 Å². The summed E-state index contributed by atoms with van der Waals surface area (Å²) < 4.78 is 14.3. The number of carbonyl (C=O) groups excluding carboxylic acids is 2. The van der Waals surface area contributed by atoms with Gasteiger partial charge in [-0.15, -0.1) is 0 Å². The summed E-state index contributed by atoms with van der Waals surface area (Å²) in [5.41, 5.74) is 5.76. The Kier molecular flexibility index (Phi) is 5.36. The van der Waals surface area contributed by atoms with E-state index in [1.807, 2.05) is 13.8 Å².